The highest BCUT2D eigenvalue weighted by Gasteiger charge is 2.12. The minimum Gasteiger partial charge on any atom is -0.463 e. The molecular formula is C13H14N4O3. The van der Waals surface area contributed by atoms with Crippen molar-refractivity contribution < 1.29 is 9.21 Å². The highest BCUT2D eigenvalue weighted by molar-refractivity contribution is 5.82. The Labute approximate surface area is 113 Å². The molecule has 3 aromatic rings. The summed E-state index contributed by atoms with van der Waals surface area (Å²) in [6, 6.07) is 3.44. The zero-order valence-corrected chi connectivity index (χ0v) is 11.2. The number of carbonyl (C=O) groups excluding carboxylic acids is 1. The number of nitrogens with one attached hydrogen (secondary N) is 1. The fourth-order valence-corrected chi connectivity index (χ4v) is 2.15. The third-order valence-corrected chi connectivity index (χ3v) is 2.96. The molecule has 0 fully saturated rings. The first kappa shape index (κ1) is 12.5. The quantitative estimate of drug-likeness (QED) is 0.764. The summed E-state index contributed by atoms with van der Waals surface area (Å²) in [5, 5.41) is 6.74. The Balaban J connectivity index is 2.02. The van der Waals surface area contributed by atoms with Crippen molar-refractivity contribution in [2.75, 3.05) is 0 Å². The van der Waals surface area contributed by atoms with Crippen molar-refractivity contribution in [1.29, 1.82) is 0 Å². The molecule has 0 aliphatic rings. The van der Waals surface area contributed by atoms with Crippen molar-refractivity contribution in [2.24, 2.45) is 0 Å². The van der Waals surface area contributed by atoms with Gasteiger partial charge in [0.1, 0.15) is 18.4 Å². The molecule has 0 bridgehead atoms. The Morgan fingerprint density at radius 1 is 1.45 bits per heavy atom. The highest BCUT2D eigenvalue weighted by atomic mass is 16.3. The second-order valence-electron chi connectivity index (χ2n) is 4.89. The summed E-state index contributed by atoms with van der Waals surface area (Å²) < 4.78 is 8.05. The maximum atomic E-state index is 12.3. The standard InChI is InChI=1S/C13H14N4O3/c1-8(2)15-12(18)6-17-13(19)10-5-11-9(3-4-20-11)16(10)7-14-17/h3-5,7-8H,6H2,1-2H3,(H,15,18). The van der Waals surface area contributed by atoms with Gasteiger partial charge in [-0.3, -0.25) is 14.0 Å². The molecule has 20 heavy (non-hydrogen) atoms. The average Bonchev–Trinajstić information content (AvgIpc) is 2.92. The number of fused-ring (bicyclic) bond motifs is 3. The first-order valence-corrected chi connectivity index (χ1v) is 6.30. The number of hydrogen-bond acceptors (Lipinski definition) is 4. The first-order chi connectivity index (χ1) is 9.56. The van der Waals surface area contributed by atoms with E-state index in [0.29, 0.717) is 11.1 Å². The van der Waals surface area contributed by atoms with Crippen LogP contribution in [0, 0.1) is 0 Å². The summed E-state index contributed by atoms with van der Waals surface area (Å²) in [7, 11) is 0. The van der Waals surface area contributed by atoms with E-state index in [1.54, 1.807) is 22.8 Å². The lowest BCUT2D eigenvalue weighted by atomic mass is 10.4. The van der Waals surface area contributed by atoms with E-state index in [1.807, 2.05) is 13.8 Å². The Kier molecular flexibility index (Phi) is 2.81. The first-order valence-electron chi connectivity index (χ1n) is 6.30. The molecule has 1 N–H and O–H groups in total. The van der Waals surface area contributed by atoms with Gasteiger partial charge in [0, 0.05) is 18.2 Å². The summed E-state index contributed by atoms with van der Waals surface area (Å²) in [5.41, 5.74) is 1.51. The van der Waals surface area contributed by atoms with Crippen LogP contribution < -0.4 is 10.9 Å². The van der Waals surface area contributed by atoms with Gasteiger partial charge < -0.3 is 9.73 Å². The molecule has 3 aromatic heterocycles. The molecular weight excluding hydrogens is 260 g/mol. The van der Waals surface area contributed by atoms with Gasteiger partial charge >= 0.3 is 0 Å². The van der Waals surface area contributed by atoms with Crippen LogP contribution in [0.25, 0.3) is 16.6 Å². The van der Waals surface area contributed by atoms with Crippen LogP contribution in [-0.4, -0.2) is 26.1 Å². The molecule has 0 aliphatic heterocycles. The van der Waals surface area contributed by atoms with Gasteiger partial charge in [0.05, 0.1) is 11.8 Å². The van der Waals surface area contributed by atoms with Crippen molar-refractivity contribution in [3.63, 3.8) is 0 Å². The fourth-order valence-electron chi connectivity index (χ4n) is 2.15. The van der Waals surface area contributed by atoms with Crippen LogP contribution in [0.4, 0.5) is 0 Å². The number of hydrogen-bond donors (Lipinski definition) is 1. The molecule has 0 unspecified atom stereocenters. The second kappa shape index (κ2) is 4.52. The van der Waals surface area contributed by atoms with Gasteiger partial charge in [0.2, 0.25) is 5.91 Å². The van der Waals surface area contributed by atoms with Gasteiger partial charge in [-0.05, 0) is 13.8 Å². The maximum Gasteiger partial charge on any atom is 0.291 e. The Bertz CT molecular complexity index is 840. The van der Waals surface area contributed by atoms with Crippen molar-refractivity contribution in [3.05, 3.63) is 35.1 Å². The van der Waals surface area contributed by atoms with Crippen molar-refractivity contribution in [2.45, 2.75) is 26.4 Å². The number of nitrogens with zero attached hydrogens (tertiary/aromatic N) is 3. The van der Waals surface area contributed by atoms with Gasteiger partial charge in [-0.1, -0.05) is 0 Å². The predicted octanol–water partition coefficient (Wildman–Crippen LogP) is 0.767. The van der Waals surface area contributed by atoms with E-state index in [1.165, 1.54) is 6.33 Å². The van der Waals surface area contributed by atoms with Crippen LogP contribution in [0.1, 0.15) is 13.8 Å². The van der Waals surface area contributed by atoms with Crippen LogP contribution in [0.2, 0.25) is 0 Å². The number of carbonyl (C=O) groups is 1. The second-order valence-corrected chi connectivity index (χ2v) is 4.89. The predicted molar refractivity (Wildman–Crippen MR) is 72.5 cm³/mol. The van der Waals surface area contributed by atoms with Crippen LogP contribution >= 0.6 is 0 Å². The van der Waals surface area contributed by atoms with E-state index in [-0.39, 0.29) is 24.1 Å². The number of rotatable bonds is 3. The lowest BCUT2D eigenvalue weighted by Crippen LogP contribution is -2.37. The molecule has 7 heteroatoms. The number of furan rings is 1. The molecule has 3 heterocycles. The summed E-state index contributed by atoms with van der Waals surface area (Å²) >= 11 is 0. The van der Waals surface area contributed by atoms with E-state index >= 15 is 0 Å². The lowest BCUT2D eigenvalue weighted by molar-refractivity contribution is -0.122. The fraction of sp³-hybridized carbons (Fsp3) is 0.308. The molecule has 0 saturated carbocycles. The molecule has 0 spiro atoms. The van der Waals surface area contributed by atoms with Gasteiger partial charge in [-0.25, -0.2) is 4.68 Å². The van der Waals surface area contributed by atoms with E-state index in [0.717, 1.165) is 10.2 Å². The minimum absolute atomic E-state index is 0.0255. The number of amides is 1. The largest absolute Gasteiger partial charge is 0.463 e. The molecule has 0 aliphatic carbocycles. The lowest BCUT2D eigenvalue weighted by Gasteiger charge is -2.09. The Hall–Kier alpha value is -2.57. The topological polar surface area (TPSA) is 81.5 Å². The van der Waals surface area contributed by atoms with E-state index < -0.39 is 0 Å². The molecule has 104 valence electrons. The zero-order valence-electron chi connectivity index (χ0n) is 11.2. The van der Waals surface area contributed by atoms with Crippen LogP contribution in [-0.2, 0) is 11.3 Å². The third-order valence-electron chi connectivity index (χ3n) is 2.96. The maximum absolute atomic E-state index is 12.3. The summed E-state index contributed by atoms with van der Waals surface area (Å²) in [5.74, 6) is -0.241. The highest BCUT2D eigenvalue weighted by Crippen LogP contribution is 2.18. The van der Waals surface area contributed by atoms with Crippen LogP contribution in [0.15, 0.2) is 33.9 Å². The molecule has 3 rings (SSSR count). The smallest absolute Gasteiger partial charge is 0.291 e. The van der Waals surface area contributed by atoms with Crippen molar-refractivity contribution in [3.8, 4) is 0 Å². The normalized spacial score (nSPS) is 11.6. The SMILES string of the molecule is CC(C)NC(=O)Cn1ncn2c(cc3occc32)c1=O. The van der Waals surface area contributed by atoms with Gasteiger partial charge in [-0.2, -0.15) is 5.10 Å². The molecule has 1 amide bonds. The third kappa shape index (κ3) is 1.97. The molecule has 0 radical (unpaired) electrons. The number of aromatic nitrogens is 3. The Morgan fingerprint density at radius 3 is 3.00 bits per heavy atom. The van der Waals surface area contributed by atoms with Crippen LogP contribution in [0.5, 0.6) is 0 Å². The summed E-state index contributed by atoms with van der Waals surface area (Å²) in [6.45, 7) is 3.62. The summed E-state index contributed by atoms with van der Waals surface area (Å²) in [6.07, 6.45) is 3.07. The van der Waals surface area contributed by atoms with Crippen molar-refractivity contribution in [1.82, 2.24) is 19.5 Å². The molecule has 0 aromatic carbocycles. The summed E-state index contributed by atoms with van der Waals surface area (Å²) in [4.78, 5) is 24.0. The monoisotopic (exact) mass is 274 g/mol. The molecule has 7 nitrogen and oxygen atoms in total. The minimum atomic E-state index is -0.321. The average molecular weight is 274 g/mol. The van der Waals surface area contributed by atoms with E-state index in [4.69, 9.17) is 4.42 Å². The molecule has 0 saturated heterocycles. The zero-order chi connectivity index (χ0) is 14.3. The van der Waals surface area contributed by atoms with Gasteiger partial charge in [-0.15, -0.1) is 0 Å². The van der Waals surface area contributed by atoms with Gasteiger partial charge in [0.15, 0.2) is 5.58 Å². The Morgan fingerprint density at radius 2 is 2.25 bits per heavy atom. The van der Waals surface area contributed by atoms with Crippen LogP contribution in [0.3, 0.4) is 0 Å². The van der Waals surface area contributed by atoms with Gasteiger partial charge in [0.25, 0.3) is 5.56 Å². The molecule has 0 atom stereocenters. The van der Waals surface area contributed by atoms with Crippen molar-refractivity contribution >= 4 is 22.5 Å². The van der Waals surface area contributed by atoms with E-state index in [2.05, 4.69) is 10.4 Å². The van der Waals surface area contributed by atoms with E-state index in [9.17, 15) is 9.59 Å².